The van der Waals surface area contributed by atoms with E-state index in [1.807, 2.05) is 18.2 Å². The third-order valence-electron chi connectivity index (χ3n) is 4.09. The molecular weight excluding hydrogens is 292 g/mol. The predicted octanol–water partition coefficient (Wildman–Crippen LogP) is 1.04. The van der Waals surface area contributed by atoms with Crippen LogP contribution in [0.25, 0.3) is 10.9 Å². The number of nitrogens with zero attached hydrogens (tertiary/aromatic N) is 5. The van der Waals surface area contributed by atoms with Crippen LogP contribution in [-0.4, -0.2) is 46.3 Å². The summed E-state index contributed by atoms with van der Waals surface area (Å²) in [5.74, 6) is 1.78. The van der Waals surface area contributed by atoms with Gasteiger partial charge in [0, 0.05) is 37.6 Å². The first-order valence-corrected chi connectivity index (χ1v) is 7.57. The topological polar surface area (TPSA) is 78.0 Å². The van der Waals surface area contributed by atoms with E-state index in [9.17, 15) is 4.79 Å². The number of aromatic nitrogens is 4. The molecule has 3 aromatic rings. The quantitative estimate of drug-likeness (QED) is 0.762. The molecule has 0 radical (unpaired) electrons. The van der Waals surface area contributed by atoms with Crippen LogP contribution in [0.3, 0.4) is 0 Å². The predicted molar refractivity (Wildman–Crippen MR) is 88.8 cm³/mol. The number of anilines is 2. The summed E-state index contributed by atoms with van der Waals surface area (Å²) in [7, 11) is 0. The molecular formula is C16H16N6O. The van der Waals surface area contributed by atoms with E-state index in [1.165, 1.54) is 6.07 Å². The maximum atomic E-state index is 11.1. The molecule has 116 valence electrons. The molecule has 2 aromatic heterocycles. The van der Waals surface area contributed by atoms with E-state index in [-0.39, 0.29) is 5.56 Å². The number of rotatable bonds is 2. The summed E-state index contributed by atoms with van der Waals surface area (Å²) in [5.41, 5.74) is 0.780. The monoisotopic (exact) mass is 308 g/mol. The first-order valence-electron chi connectivity index (χ1n) is 7.57. The minimum absolute atomic E-state index is 0.181. The minimum Gasteiger partial charge on any atom is -0.352 e. The van der Waals surface area contributed by atoms with Gasteiger partial charge in [0.2, 0.25) is 0 Å². The molecule has 7 heteroatoms. The molecule has 0 bridgehead atoms. The van der Waals surface area contributed by atoms with E-state index in [1.54, 1.807) is 12.4 Å². The molecule has 3 heterocycles. The van der Waals surface area contributed by atoms with Gasteiger partial charge in [-0.15, -0.1) is 0 Å². The highest BCUT2D eigenvalue weighted by atomic mass is 16.1. The van der Waals surface area contributed by atoms with Crippen molar-refractivity contribution < 1.29 is 0 Å². The van der Waals surface area contributed by atoms with Gasteiger partial charge < -0.3 is 9.80 Å². The van der Waals surface area contributed by atoms with Gasteiger partial charge in [-0.25, -0.2) is 15.1 Å². The zero-order valence-electron chi connectivity index (χ0n) is 12.5. The van der Waals surface area contributed by atoms with Crippen molar-refractivity contribution in [2.45, 2.75) is 0 Å². The van der Waals surface area contributed by atoms with Crippen LogP contribution in [0.1, 0.15) is 0 Å². The van der Waals surface area contributed by atoms with Gasteiger partial charge in [0.1, 0.15) is 18.0 Å². The molecule has 0 amide bonds. The molecule has 0 unspecified atom stereocenters. The molecule has 7 nitrogen and oxygen atoms in total. The Morgan fingerprint density at radius 2 is 1.70 bits per heavy atom. The Kier molecular flexibility index (Phi) is 3.38. The van der Waals surface area contributed by atoms with Crippen molar-refractivity contribution in [3.8, 4) is 0 Å². The van der Waals surface area contributed by atoms with E-state index in [4.69, 9.17) is 0 Å². The standard InChI is InChI=1S/C16H16N6O/c23-15-6-5-14(19-20-15)21-7-9-22(10-8-21)16-12-3-1-2-4-13(12)17-11-18-16/h1-6,11H,7-10H2,(H,20,23). The summed E-state index contributed by atoms with van der Waals surface area (Å²) in [4.78, 5) is 24.3. The van der Waals surface area contributed by atoms with Gasteiger partial charge in [-0.1, -0.05) is 12.1 Å². The van der Waals surface area contributed by atoms with E-state index in [2.05, 4.69) is 36.0 Å². The van der Waals surface area contributed by atoms with Crippen molar-refractivity contribution in [3.05, 3.63) is 53.1 Å². The van der Waals surface area contributed by atoms with Gasteiger partial charge in [0.05, 0.1) is 5.52 Å². The molecule has 0 atom stereocenters. The average molecular weight is 308 g/mol. The SMILES string of the molecule is O=c1ccc(N2CCN(c3ncnc4ccccc34)CC2)n[nH]1. The van der Waals surface area contributed by atoms with Crippen LogP contribution in [0.4, 0.5) is 11.6 Å². The number of hydrogen-bond acceptors (Lipinski definition) is 6. The molecule has 1 fully saturated rings. The second kappa shape index (κ2) is 5.68. The lowest BCUT2D eigenvalue weighted by Gasteiger charge is -2.36. The lowest BCUT2D eigenvalue weighted by molar-refractivity contribution is 0.638. The van der Waals surface area contributed by atoms with Crippen LogP contribution < -0.4 is 15.4 Å². The minimum atomic E-state index is -0.181. The molecule has 4 rings (SSSR count). The van der Waals surface area contributed by atoms with Crippen LogP contribution in [0.15, 0.2) is 47.5 Å². The highest BCUT2D eigenvalue weighted by molar-refractivity contribution is 5.89. The van der Waals surface area contributed by atoms with E-state index >= 15 is 0 Å². The first-order chi connectivity index (χ1) is 11.3. The Labute approximate surface area is 132 Å². The maximum absolute atomic E-state index is 11.1. The van der Waals surface area contributed by atoms with Gasteiger partial charge in [0.15, 0.2) is 0 Å². The highest BCUT2D eigenvalue weighted by Gasteiger charge is 2.20. The lowest BCUT2D eigenvalue weighted by Crippen LogP contribution is -2.47. The Hall–Kier alpha value is -2.96. The molecule has 1 N–H and O–H groups in total. The zero-order chi connectivity index (χ0) is 15.6. The number of nitrogens with one attached hydrogen (secondary N) is 1. The first kappa shape index (κ1) is 13.7. The van der Waals surface area contributed by atoms with Crippen LogP contribution in [0.2, 0.25) is 0 Å². The molecule has 1 aromatic carbocycles. The second-order valence-corrected chi connectivity index (χ2v) is 5.47. The second-order valence-electron chi connectivity index (χ2n) is 5.47. The zero-order valence-corrected chi connectivity index (χ0v) is 12.5. The van der Waals surface area contributed by atoms with Gasteiger partial charge in [0.25, 0.3) is 5.56 Å². The van der Waals surface area contributed by atoms with Crippen LogP contribution in [0, 0.1) is 0 Å². The summed E-state index contributed by atoms with van der Waals surface area (Å²) in [6, 6.07) is 11.3. The number of hydrogen-bond donors (Lipinski definition) is 1. The van der Waals surface area contributed by atoms with Crippen LogP contribution in [0.5, 0.6) is 0 Å². The Bertz CT molecular complexity index is 859. The Morgan fingerprint density at radius 3 is 2.48 bits per heavy atom. The fourth-order valence-corrected chi connectivity index (χ4v) is 2.90. The molecule has 1 aliphatic heterocycles. The van der Waals surface area contributed by atoms with E-state index in [0.29, 0.717) is 0 Å². The van der Waals surface area contributed by atoms with Gasteiger partial charge in [-0.05, 0) is 18.2 Å². The molecule has 0 aliphatic carbocycles. The number of H-pyrrole nitrogens is 1. The van der Waals surface area contributed by atoms with Crippen molar-refractivity contribution >= 4 is 22.5 Å². The summed E-state index contributed by atoms with van der Waals surface area (Å²) in [6.45, 7) is 3.36. The normalized spacial score (nSPS) is 15.1. The fraction of sp³-hybridized carbons (Fsp3) is 0.250. The number of piperazine rings is 1. The Balaban J connectivity index is 1.55. The third kappa shape index (κ3) is 2.61. The summed E-state index contributed by atoms with van der Waals surface area (Å²) in [6.07, 6.45) is 1.62. The maximum Gasteiger partial charge on any atom is 0.264 e. The van der Waals surface area contributed by atoms with E-state index < -0.39 is 0 Å². The Morgan fingerprint density at radius 1 is 0.913 bits per heavy atom. The van der Waals surface area contributed by atoms with Gasteiger partial charge >= 0.3 is 0 Å². The molecule has 0 spiro atoms. The molecule has 1 aliphatic rings. The summed E-state index contributed by atoms with van der Waals surface area (Å²) >= 11 is 0. The highest BCUT2D eigenvalue weighted by Crippen LogP contribution is 2.24. The van der Waals surface area contributed by atoms with Crippen molar-refractivity contribution in [3.63, 3.8) is 0 Å². The van der Waals surface area contributed by atoms with Crippen molar-refractivity contribution in [1.82, 2.24) is 20.2 Å². The van der Waals surface area contributed by atoms with Gasteiger partial charge in [-0.2, -0.15) is 5.10 Å². The average Bonchev–Trinajstić information content (AvgIpc) is 2.62. The number of aromatic amines is 1. The van der Waals surface area contributed by atoms with Gasteiger partial charge in [-0.3, -0.25) is 4.79 Å². The van der Waals surface area contributed by atoms with E-state index in [0.717, 1.165) is 48.7 Å². The molecule has 0 saturated carbocycles. The van der Waals surface area contributed by atoms with Crippen molar-refractivity contribution in [2.75, 3.05) is 36.0 Å². The summed E-state index contributed by atoms with van der Waals surface area (Å²) < 4.78 is 0. The lowest BCUT2D eigenvalue weighted by atomic mass is 10.2. The number of para-hydroxylation sites is 1. The number of benzene rings is 1. The molecule has 1 saturated heterocycles. The van der Waals surface area contributed by atoms with Crippen molar-refractivity contribution in [2.24, 2.45) is 0 Å². The van der Waals surface area contributed by atoms with Crippen LogP contribution >= 0.6 is 0 Å². The number of fused-ring (bicyclic) bond motifs is 1. The van der Waals surface area contributed by atoms with Crippen LogP contribution in [-0.2, 0) is 0 Å². The molecule has 23 heavy (non-hydrogen) atoms. The van der Waals surface area contributed by atoms with Crippen molar-refractivity contribution in [1.29, 1.82) is 0 Å². The summed E-state index contributed by atoms with van der Waals surface area (Å²) in [5, 5.41) is 7.65. The fourth-order valence-electron chi connectivity index (χ4n) is 2.90. The third-order valence-corrected chi connectivity index (χ3v) is 4.09. The largest absolute Gasteiger partial charge is 0.352 e. The smallest absolute Gasteiger partial charge is 0.264 e.